The summed E-state index contributed by atoms with van der Waals surface area (Å²) < 4.78 is 13.1. The third-order valence-corrected chi connectivity index (χ3v) is 2.36. The highest BCUT2D eigenvalue weighted by molar-refractivity contribution is 9.10. The zero-order valence-electron chi connectivity index (χ0n) is 6.27. The minimum atomic E-state index is -1.12. The van der Waals surface area contributed by atoms with Crippen LogP contribution in [0.3, 0.4) is 0 Å². The van der Waals surface area contributed by atoms with Gasteiger partial charge in [0.15, 0.2) is 5.69 Å². The highest BCUT2D eigenvalue weighted by Gasteiger charge is 2.10. The van der Waals surface area contributed by atoms with Crippen molar-refractivity contribution in [3.05, 3.63) is 33.2 Å². The van der Waals surface area contributed by atoms with E-state index in [-0.39, 0.29) is 5.69 Å². The Morgan fingerprint density at radius 2 is 2.17 bits per heavy atom. The lowest BCUT2D eigenvalue weighted by molar-refractivity contribution is -0.991. The molecule has 5 heteroatoms. The molecule has 0 aromatic heterocycles. The molecule has 66 valence electrons. The second-order valence-electron chi connectivity index (χ2n) is 2.37. The molecule has 1 unspecified atom stereocenters. The van der Waals surface area contributed by atoms with Crippen LogP contribution in [0.2, 0.25) is 0 Å². The molecular weight excluding hydrogens is 229 g/mol. The molecule has 12 heavy (non-hydrogen) atoms. The van der Waals surface area contributed by atoms with Gasteiger partial charge in [0.25, 0.3) is 0 Å². The fourth-order valence-corrected chi connectivity index (χ4v) is 1.30. The summed E-state index contributed by atoms with van der Waals surface area (Å²) in [5.74, 6) is -0.551. The van der Waals surface area contributed by atoms with E-state index in [0.717, 1.165) is 6.07 Å². The van der Waals surface area contributed by atoms with Gasteiger partial charge < -0.3 is 5.21 Å². The van der Waals surface area contributed by atoms with Crippen molar-refractivity contribution in [1.82, 2.24) is 0 Å². The van der Waals surface area contributed by atoms with Gasteiger partial charge in [0, 0.05) is 16.1 Å². The van der Waals surface area contributed by atoms with Gasteiger partial charge in [0.05, 0.1) is 0 Å². The molecule has 0 saturated heterocycles. The normalized spacial score (nSPS) is 13.1. The summed E-state index contributed by atoms with van der Waals surface area (Å²) in [5.41, 5.74) is 0.519. The maximum atomic E-state index is 12.7. The first kappa shape index (κ1) is 9.60. The van der Waals surface area contributed by atoms with Gasteiger partial charge in [-0.05, 0) is 13.0 Å². The van der Waals surface area contributed by atoms with E-state index in [9.17, 15) is 9.60 Å². The van der Waals surface area contributed by atoms with Crippen molar-refractivity contribution in [2.45, 2.75) is 6.92 Å². The summed E-state index contributed by atoms with van der Waals surface area (Å²) >= 11 is 3.06. The van der Waals surface area contributed by atoms with Gasteiger partial charge in [-0.15, -0.1) is 0 Å². The van der Waals surface area contributed by atoms with Gasteiger partial charge in [-0.1, -0.05) is 15.9 Å². The third kappa shape index (κ3) is 1.81. The monoisotopic (exact) mass is 235 g/mol. The van der Waals surface area contributed by atoms with E-state index in [1.807, 2.05) is 0 Å². The molecule has 0 aliphatic rings. The maximum absolute atomic E-state index is 12.7. The fraction of sp³-hybridized carbons (Fsp3) is 0.143. The summed E-state index contributed by atoms with van der Waals surface area (Å²) in [6.07, 6.45) is 0. The Balaban J connectivity index is 3.28. The van der Waals surface area contributed by atoms with E-state index < -0.39 is 11.0 Å². The van der Waals surface area contributed by atoms with Crippen LogP contribution < -0.4 is 5.23 Å². The SMILES string of the molecule is Cc1c(Br)cc(F)cc1[NH+]([O-])O. The van der Waals surface area contributed by atoms with E-state index in [1.54, 1.807) is 6.92 Å². The Morgan fingerprint density at radius 3 is 2.67 bits per heavy atom. The predicted molar refractivity (Wildman–Crippen MR) is 44.6 cm³/mol. The standard InChI is InChI=1S/C7H7BrFNO2/c1-4-6(8)2-5(9)3-7(4)10(11)12/h2-3,10-11H,1H3. The Bertz CT molecular complexity index is 304. The molecule has 0 amide bonds. The van der Waals surface area contributed by atoms with Gasteiger partial charge >= 0.3 is 0 Å². The summed E-state index contributed by atoms with van der Waals surface area (Å²) in [6.45, 7) is 1.62. The number of hydrogen-bond donors (Lipinski definition) is 2. The average Bonchev–Trinajstić information content (AvgIpc) is 1.96. The van der Waals surface area contributed by atoms with Crippen molar-refractivity contribution < 1.29 is 14.8 Å². The van der Waals surface area contributed by atoms with Crippen LogP contribution in [-0.4, -0.2) is 5.21 Å². The molecule has 0 aliphatic carbocycles. The van der Waals surface area contributed by atoms with Crippen LogP contribution in [0.5, 0.6) is 0 Å². The highest BCUT2D eigenvalue weighted by atomic mass is 79.9. The molecule has 2 N–H and O–H groups in total. The predicted octanol–water partition coefficient (Wildman–Crippen LogP) is 1.30. The van der Waals surface area contributed by atoms with Crippen LogP contribution in [0.25, 0.3) is 0 Å². The molecular formula is C7H7BrFNO2. The summed E-state index contributed by atoms with van der Waals surface area (Å²) in [7, 11) is 0. The molecule has 1 atom stereocenters. The number of benzene rings is 1. The molecule has 0 heterocycles. The maximum Gasteiger partial charge on any atom is 0.170 e. The summed E-state index contributed by atoms with van der Waals surface area (Å²) in [4.78, 5) is 0. The van der Waals surface area contributed by atoms with Gasteiger partial charge in [-0.2, -0.15) is 5.23 Å². The first-order valence-electron chi connectivity index (χ1n) is 3.21. The van der Waals surface area contributed by atoms with E-state index in [1.165, 1.54) is 6.07 Å². The minimum Gasteiger partial charge on any atom is -0.595 e. The number of nitrogens with one attached hydrogen (secondary N) is 1. The van der Waals surface area contributed by atoms with E-state index >= 15 is 0 Å². The van der Waals surface area contributed by atoms with Crippen molar-refractivity contribution in [1.29, 1.82) is 0 Å². The Hall–Kier alpha value is -0.490. The minimum absolute atomic E-state index is 0.0122. The zero-order chi connectivity index (χ0) is 9.30. The Kier molecular flexibility index (Phi) is 2.79. The molecule has 0 saturated carbocycles. The first-order valence-corrected chi connectivity index (χ1v) is 4.00. The zero-order valence-corrected chi connectivity index (χ0v) is 7.85. The van der Waals surface area contributed by atoms with Gasteiger partial charge in [-0.25, -0.2) is 9.60 Å². The summed E-state index contributed by atoms with van der Waals surface area (Å²) in [5, 5.41) is 18.0. The highest BCUT2D eigenvalue weighted by Crippen LogP contribution is 2.22. The quantitative estimate of drug-likeness (QED) is 0.722. The molecule has 0 aliphatic heterocycles. The number of rotatable bonds is 1. The molecule has 0 spiro atoms. The lowest BCUT2D eigenvalue weighted by Gasteiger charge is -2.14. The van der Waals surface area contributed by atoms with E-state index in [2.05, 4.69) is 15.9 Å². The Morgan fingerprint density at radius 1 is 1.58 bits per heavy atom. The lowest BCUT2D eigenvalue weighted by atomic mass is 10.2. The van der Waals surface area contributed by atoms with Gasteiger partial charge in [0.1, 0.15) is 5.82 Å². The molecule has 1 rings (SSSR count). The second kappa shape index (κ2) is 3.49. The van der Waals surface area contributed by atoms with Gasteiger partial charge in [0.2, 0.25) is 0 Å². The number of quaternary nitrogens is 1. The topological polar surface area (TPSA) is 47.7 Å². The average molecular weight is 236 g/mol. The van der Waals surface area contributed by atoms with E-state index in [0.29, 0.717) is 10.0 Å². The van der Waals surface area contributed by atoms with Crippen LogP contribution in [0, 0.1) is 17.9 Å². The number of halogens is 2. The lowest BCUT2D eigenvalue weighted by Crippen LogP contribution is -2.99. The summed E-state index contributed by atoms with van der Waals surface area (Å²) in [6, 6.07) is 2.24. The van der Waals surface area contributed by atoms with Crippen LogP contribution in [0.1, 0.15) is 5.56 Å². The Labute approximate surface area is 77.1 Å². The van der Waals surface area contributed by atoms with Crippen LogP contribution >= 0.6 is 15.9 Å². The third-order valence-electron chi connectivity index (χ3n) is 1.54. The second-order valence-corrected chi connectivity index (χ2v) is 3.22. The number of hydrogen-bond acceptors (Lipinski definition) is 2. The fourth-order valence-electron chi connectivity index (χ4n) is 0.868. The molecule has 3 nitrogen and oxygen atoms in total. The van der Waals surface area contributed by atoms with E-state index in [4.69, 9.17) is 5.21 Å². The van der Waals surface area contributed by atoms with Crippen LogP contribution in [0.15, 0.2) is 16.6 Å². The van der Waals surface area contributed by atoms with Crippen LogP contribution in [0.4, 0.5) is 10.1 Å². The first-order chi connectivity index (χ1) is 5.52. The smallest absolute Gasteiger partial charge is 0.170 e. The largest absolute Gasteiger partial charge is 0.595 e. The molecule has 0 fully saturated rings. The molecule has 0 radical (unpaired) electrons. The van der Waals surface area contributed by atoms with Crippen molar-refractivity contribution >= 4 is 21.6 Å². The molecule has 1 aromatic carbocycles. The van der Waals surface area contributed by atoms with Crippen molar-refractivity contribution in [2.75, 3.05) is 0 Å². The molecule has 1 aromatic rings. The van der Waals surface area contributed by atoms with Crippen LogP contribution in [-0.2, 0) is 0 Å². The van der Waals surface area contributed by atoms with Crippen molar-refractivity contribution in [2.24, 2.45) is 0 Å². The van der Waals surface area contributed by atoms with Crippen molar-refractivity contribution in [3.8, 4) is 0 Å². The van der Waals surface area contributed by atoms with Gasteiger partial charge in [-0.3, -0.25) is 0 Å². The van der Waals surface area contributed by atoms with Crippen molar-refractivity contribution in [3.63, 3.8) is 0 Å². The molecule has 0 bridgehead atoms.